The van der Waals surface area contributed by atoms with Crippen LogP contribution in [-0.2, 0) is 38.1 Å². The standard InChI is InChI=1S/C33H59NO11/c1-15-13-32(10,40)30(38)19(5)28(43-23(9)36)18(4)26(16(2)21(7)35)45-31(39)20(6)27(17(3)25(15)37)44-24-14-33(11,41-12)29(34)22(8)42-24/h15-22,24-29,35,37,40H,13-14,34H2,1-12H3. The Morgan fingerprint density at radius 3 is 2.09 bits per heavy atom. The summed E-state index contributed by atoms with van der Waals surface area (Å²) in [5.74, 6) is -6.49. The van der Waals surface area contributed by atoms with E-state index in [9.17, 15) is 29.7 Å². The van der Waals surface area contributed by atoms with Crippen molar-refractivity contribution in [3.63, 3.8) is 0 Å². The van der Waals surface area contributed by atoms with Crippen molar-refractivity contribution in [1.82, 2.24) is 0 Å². The molecule has 0 spiro atoms. The molecule has 5 N–H and O–H groups in total. The highest BCUT2D eigenvalue weighted by Crippen LogP contribution is 2.38. The zero-order valence-electron chi connectivity index (χ0n) is 29.2. The molecule has 2 rings (SSSR count). The van der Waals surface area contributed by atoms with Gasteiger partial charge in [-0.1, -0.05) is 34.6 Å². The number of aliphatic hydroxyl groups is 3. The van der Waals surface area contributed by atoms with Gasteiger partial charge in [-0.25, -0.2) is 0 Å². The molecule has 2 heterocycles. The van der Waals surface area contributed by atoms with E-state index in [1.165, 1.54) is 13.8 Å². The van der Waals surface area contributed by atoms with Crippen LogP contribution >= 0.6 is 0 Å². The first kappa shape index (κ1) is 39.5. The van der Waals surface area contributed by atoms with E-state index >= 15 is 0 Å². The molecule has 0 aliphatic carbocycles. The van der Waals surface area contributed by atoms with E-state index in [2.05, 4.69) is 0 Å². The molecule has 16 atom stereocenters. The molecule has 0 amide bonds. The van der Waals surface area contributed by atoms with Crippen LogP contribution in [-0.4, -0.2) is 100 Å². The maximum absolute atomic E-state index is 14.0. The predicted molar refractivity (Wildman–Crippen MR) is 166 cm³/mol. The highest BCUT2D eigenvalue weighted by atomic mass is 16.7. The number of ketones is 1. The summed E-state index contributed by atoms with van der Waals surface area (Å²) in [7, 11) is 1.56. The van der Waals surface area contributed by atoms with Gasteiger partial charge in [0.05, 0.1) is 47.9 Å². The van der Waals surface area contributed by atoms with Crippen LogP contribution in [0.2, 0.25) is 0 Å². The molecule has 0 aromatic rings. The normalized spacial score (nSPS) is 45.6. The van der Waals surface area contributed by atoms with Crippen LogP contribution < -0.4 is 5.73 Å². The minimum absolute atomic E-state index is 0.102. The van der Waals surface area contributed by atoms with E-state index < -0.39 is 113 Å². The Morgan fingerprint density at radius 2 is 1.58 bits per heavy atom. The molecule has 262 valence electrons. The summed E-state index contributed by atoms with van der Waals surface area (Å²) < 4.78 is 30.1. The topological polar surface area (TPSA) is 184 Å². The number of rotatable bonds is 6. The number of ether oxygens (including phenoxy) is 5. The lowest BCUT2D eigenvalue weighted by Gasteiger charge is -2.47. The van der Waals surface area contributed by atoms with Gasteiger partial charge >= 0.3 is 11.9 Å². The number of aliphatic hydroxyl groups excluding tert-OH is 2. The molecule has 0 bridgehead atoms. The van der Waals surface area contributed by atoms with Gasteiger partial charge in [-0.3, -0.25) is 14.4 Å². The molecule has 12 nitrogen and oxygen atoms in total. The van der Waals surface area contributed by atoms with E-state index in [1.807, 2.05) is 13.8 Å². The van der Waals surface area contributed by atoms with Gasteiger partial charge in [0.15, 0.2) is 12.1 Å². The highest BCUT2D eigenvalue weighted by molar-refractivity contribution is 5.89. The Kier molecular flexibility index (Phi) is 13.6. The molecule has 2 aliphatic rings. The highest BCUT2D eigenvalue weighted by Gasteiger charge is 2.50. The molecule has 0 saturated carbocycles. The second kappa shape index (κ2) is 15.5. The van der Waals surface area contributed by atoms with Gasteiger partial charge < -0.3 is 44.7 Å². The summed E-state index contributed by atoms with van der Waals surface area (Å²) in [6.07, 6.45) is -6.17. The molecule has 0 aromatic carbocycles. The summed E-state index contributed by atoms with van der Waals surface area (Å²) in [5, 5.41) is 33.6. The van der Waals surface area contributed by atoms with E-state index in [-0.39, 0.29) is 12.8 Å². The Balaban J connectivity index is 2.65. The van der Waals surface area contributed by atoms with Gasteiger partial charge in [0.25, 0.3) is 0 Å². The van der Waals surface area contributed by atoms with Crippen LogP contribution in [0.3, 0.4) is 0 Å². The zero-order valence-corrected chi connectivity index (χ0v) is 29.2. The third-order valence-corrected chi connectivity index (χ3v) is 10.5. The largest absolute Gasteiger partial charge is 0.461 e. The zero-order chi connectivity index (χ0) is 34.8. The molecule has 2 aliphatic heterocycles. The summed E-state index contributed by atoms with van der Waals surface area (Å²) >= 11 is 0. The van der Waals surface area contributed by atoms with Crippen LogP contribution in [0.5, 0.6) is 0 Å². The first-order valence-electron chi connectivity index (χ1n) is 16.2. The van der Waals surface area contributed by atoms with Crippen molar-refractivity contribution in [1.29, 1.82) is 0 Å². The quantitative estimate of drug-likeness (QED) is 0.310. The molecule has 16 unspecified atom stereocenters. The van der Waals surface area contributed by atoms with Gasteiger partial charge in [-0.2, -0.15) is 0 Å². The Bertz CT molecular complexity index is 1020. The van der Waals surface area contributed by atoms with Crippen LogP contribution in [0.15, 0.2) is 0 Å². The van der Waals surface area contributed by atoms with Gasteiger partial charge in [-0.05, 0) is 47.0 Å². The molecular weight excluding hydrogens is 586 g/mol. The van der Waals surface area contributed by atoms with Crippen LogP contribution in [0.25, 0.3) is 0 Å². The van der Waals surface area contributed by atoms with Gasteiger partial charge in [0.1, 0.15) is 17.8 Å². The Labute approximate surface area is 268 Å². The molecule has 12 heteroatoms. The number of methoxy groups -OCH3 is 1. The van der Waals surface area contributed by atoms with Crippen molar-refractivity contribution in [2.45, 2.75) is 149 Å². The maximum atomic E-state index is 14.0. The third-order valence-electron chi connectivity index (χ3n) is 10.5. The molecule has 2 fully saturated rings. The second-order valence-electron chi connectivity index (χ2n) is 14.3. The monoisotopic (exact) mass is 645 g/mol. The molecule has 2 saturated heterocycles. The first-order chi connectivity index (χ1) is 20.6. The lowest BCUT2D eigenvalue weighted by molar-refractivity contribution is -0.273. The SMILES string of the molecule is COC1(C)CC(OC2C(C)C(=O)OC(C(C)C(C)O)C(C)C(OC(C)=O)C(C)C(=O)C(C)(O)CC(C)C(O)C2C)OC(C)C1N. The number of cyclic esters (lactones) is 1. The second-order valence-corrected chi connectivity index (χ2v) is 14.3. The number of carbonyl (C=O) groups excluding carboxylic acids is 3. The minimum Gasteiger partial charge on any atom is -0.461 e. The average Bonchev–Trinajstić information content (AvgIpc) is 2.96. The fraction of sp³-hybridized carbons (Fsp3) is 0.909. The lowest BCUT2D eigenvalue weighted by atomic mass is 9.74. The molecule has 45 heavy (non-hydrogen) atoms. The van der Waals surface area contributed by atoms with Crippen molar-refractivity contribution in [3.8, 4) is 0 Å². The minimum atomic E-state index is -1.88. The van der Waals surface area contributed by atoms with Gasteiger partial charge in [0.2, 0.25) is 0 Å². The van der Waals surface area contributed by atoms with Crippen molar-refractivity contribution in [2.75, 3.05) is 7.11 Å². The van der Waals surface area contributed by atoms with Crippen molar-refractivity contribution in [2.24, 2.45) is 41.2 Å². The third kappa shape index (κ3) is 9.03. The van der Waals surface area contributed by atoms with Crippen molar-refractivity contribution in [3.05, 3.63) is 0 Å². The average molecular weight is 646 g/mol. The summed E-state index contributed by atoms with van der Waals surface area (Å²) in [6.45, 7) is 17.9. The maximum Gasteiger partial charge on any atom is 0.311 e. The molecule has 0 radical (unpaired) electrons. The fourth-order valence-electron chi connectivity index (χ4n) is 7.10. The predicted octanol–water partition coefficient (Wildman–Crippen LogP) is 2.36. The number of esters is 2. The summed E-state index contributed by atoms with van der Waals surface area (Å²) in [5.41, 5.74) is 3.70. The summed E-state index contributed by atoms with van der Waals surface area (Å²) in [6, 6.07) is -0.437. The van der Waals surface area contributed by atoms with Crippen molar-refractivity contribution < 1.29 is 53.4 Å². The smallest absolute Gasteiger partial charge is 0.311 e. The number of hydrogen-bond donors (Lipinski definition) is 4. The van der Waals surface area contributed by atoms with Crippen LogP contribution in [0.1, 0.15) is 89.0 Å². The van der Waals surface area contributed by atoms with E-state index in [4.69, 9.17) is 29.4 Å². The number of Topliss-reactive ketones (excluding diaryl/α,β-unsaturated/α-hetero) is 1. The fourth-order valence-corrected chi connectivity index (χ4v) is 7.10. The lowest BCUT2D eigenvalue weighted by Crippen LogP contribution is -2.61. The number of carbonyl (C=O) groups is 3. The van der Waals surface area contributed by atoms with E-state index in [0.717, 1.165) is 0 Å². The van der Waals surface area contributed by atoms with E-state index in [1.54, 1.807) is 55.6 Å². The van der Waals surface area contributed by atoms with E-state index in [0.29, 0.717) is 0 Å². The Morgan fingerprint density at radius 1 is 1.00 bits per heavy atom. The van der Waals surface area contributed by atoms with Crippen LogP contribution in [0.4, 0.5) is 0 Å². The van der Waals surface area contributed by atoms with Gasteiger partial charge in [0, 0.05) is 38.2 Å². The first-order valence-corrected chi connectivity index (χ1v) is 16.2. The molecular formula is C33H59NO11. The molecule has 0 aromatic heterocycles. The summed E-state index contributed by atoms with van der Waals surface area (Å²) in [4.78, 5) is 39.9. The van der Waals surface area contributed by atoms with Gasteiger partial charge in [-0.15, -0.1) is 0 Å². The number of nitrogens with two attached hydrogens (primary N) is 1. The van der Waals surface area contributed by atoms with Crippen molar-refractivity contribution >= 4 is 17.7 Å². The number of hydrogen-bond acceptors (Lipinski definition) is 12. The Hall–Kier alpha value is -1.67. The van der Waals surface area contributed by atoms with Crippen LogP contribution in [0, 0.1) is 35.5 Å².